The van der Waals surface area contributed by atoms with Crippen molar-refractivity contribution < 1.29 is 14.4 Å². The summed E-state index contributed by atoms with van der Waals surface area (Å²) >= 11 is 0. The Hall–Kier alpha value is -1.76. The van der Waals surface area contributed by atoms with Gasteiger partial charge in [0.05, 0.1) is 12.6 Å². The molecule has 3 rings (SSSR count). The molecule has 6 nitrogen and oxygen atoms in total. The molecule has 1 N–H and O–H groups in total. The zero-order chi connectivity index (χ0) is 15.9. The Kier molecular flexibility index (Phi) is 5.74. The molecule has 1 aliphatic heterocycles. The van der Waals surface area contributed by atoms with Gasteiger partial charge in [0.25, 0.3) is 5.89 Å². The van der Waals surface area contributed by atoms with Crippen molar-refractivity contribution in [3.63, 3.8) is 0 Å². The van der Waals surface area contributed by atoms with Crippen molar-refractivity contribution in [2.75, 3.05) is 26.3 Å². The number of ether oxygens (including phenoxy) is 1. The van der Waals surface area contributed by atoms with Gasteiger partial charge in [-0.15, -0.1) is 0 Å². The summed E-state index contributed by atoms with van der Waals surface area (Å²) in [5, 5.41) is 12.9. The van der Waals surface area contributed by atoms with Crippen LogP contribution in [0.25, 0.3) is 11.5 Å². The molecule has 0 amide bonds. The van der Waals surface area contributed by atoms with E-state index in [1.54, 1.807) is 0 Å². The number of piperidine rings is 1. The third-order valence-electron chi connectivity index (χ3n) is 4.04. The Bertz CT molecular complexity index is 580. The van der Waals surface area contributed by atoms with E-state index in [2.05, 4.69) is 15.0 Å². The summed E-state index contributed by atoms with van der Waals surface area (Å²) in [6.45, 7) is 3.49. The molecule has 1 aromatic heterocycles. The maximum Gasteiger partial charge on any atom is 0.257 e. The zero-order valence-corrected chi connectivity index (χ0v) is 13.2. The molecule has 0 radical (unpaired) electrons. The van der Waals surface area contributed by atoms with Crippen LogP contribution in [0.5, 0.6) is 0 Å². The van der Waals surface area contributed by atoms with Gasteiger partial charge in [-0.05, 0) is 31.4 Å². The Morgan fingerprint density at radius 2 is 2.00 bits per heavy atom. The largest absolute Gasteiger partial charge is 0.396 e. The smallest absolute Gasteiger partial charge is 0.257 e. The first-order chi connectivity index (χ1) is 11.3. The first kappa shape index (κ1) is 16.1. The highest BCUT2D eigenvalue weighted by molar-refractivity contribution is 5.51. The van der Waals surface area contributed by atoms with Crippen LogP contribution in [0, 0.1) is 0 Å². The van der Waals surface area contributed by atoms with E-state index in [1.807, 2.05) is 30.3 Å². The van der Waals surface area contributed by atoms with Crippen molar-refractivity contribution >= 4 is 0 Å². The molecule has 0 bridgehead atoms. The standard InChI is InChI=1S/C17H23N3O3/c21-11-4-12-22-15-7-9-20(10-8-15)13-16-18-17(23-19-16)14-5-2-1-3-6-14/h1-3,5-6,15,21H,4,7-13H2. The molecule has 0 atom stereocenters. The first-order valence-electron chi connectivity index (χ1n) is 8.18. The van der Waals surface area contributed by atoms with Crippen LogP contribution in [-0.4, -0.2) is 52.6 Å². The third-order valence-corrected chi connectivity index (χ3v) is 4.04. The maximum atomic E-state index is 8.78. The number of benzene rings is 1. The van der Waals surface area contributed by atoms with Gasteiger partial charge in [0, 0.05) is 31.9 Å². The van der Waals surface area contributed by atoms with E-state index in [0.29, 0.717) is 31.6 Å². The summed E-state index contributed by atoms with van der Waals surface area (Å²) in [6.07, 6.45) is 3.04. The predicted octanol–water partition coefficient (Wildman–Crippen LogP) is 2.10. The molecule has 1 saturated heterocycles. The van der Waals surface area contributed by atoms with Gasteiger partial charge in [0.1, 0.15) is 0 Å². The van der Waals surface area contributed by atoms with E-state index in [-0.39, 0.29) is 6.61 Å². The molecular weight excluding hydrogens is 294 g/mol. The van der Waals surface area contributed by atoms with Gasteiger partial charge in [-0.2, -0.15) is 4.98 Å². The lowest BCUT2D eigenvalue weighted by Crippen LogP contribution is -2.37. The van der Waals surface area contributed by atoms with Gasteiger partial charge in [0.15, 0.2) is 5.82 Å². The van der Waals surface area contributed by atoms with E-state index in [0.717, 1.165) is 37.3 Å². The normalized spacial score (nSPS) is 16.7. The number of aliphatic hydroxyl groups excluding tert-OH is 1. The monoisotopic (exact) mass is 317 g/mol. The molecule has 1 aromatic carbocycles. The van der Waals surface area contributed by atoms with Crippen LogP contribution < -0.4 is 0 Å². The average molecular weight is 317 g/mol. The van der Waals surface area contributed by atoms with Gasteiger partial charge in [-0.25, -0.2) is 0 Å². The number of likely N-dealkylation sites (tertiary alicyclic amines) is 1. The third kappa shape index (κ3) is 4.60. The van der Waals surface area contributed by atoms with E-state index >= 15 is 0 Å². The molecule has 2 aromatic rings. The number of hydrogen-bond acceptors (Lipinski definition) is 6. The second kappa shape index (κ2) is 8.19. The zero-order valence-electron chi connectivity index (χ0n) is 13.2. The first-order valence-corrected chi connectivity index (χ1v) is 8.18. The Balaban J connectivity index is 1.47. The lowest BCUT2D eigenvalue weighted by atomic mass is 10.1. The summed E-state index contributed by atoms with van der Waals surface area (Å²) < 4.78 is 11.1. The maximum absolute atomic E-state index is 8.78. The van der Waals surface area contributed by atoms with Crippen LogP contribution in [0.4, 0.5) is 0 Å². The van der Waals surface area contributed by atoms with Crippen molar-refractivity contribution in [2.45, 2.75) is 31.9 Å². The molecule has 6 heteroatoms. The summed E-state index contributed by atoms with van der Waals surface area (Å²) in [7, 11) is 0. The molecule has 0 spiro atoms. The quantitative estimate of drug-likeness (QED) is 0.789. The number of aromatic nitrogens is 2. The SMILES string of the molecule is OCCCOC1CCN(Cc2noc(-c3ccccc3)n2)CC1. The van der Waals surface area contributed by atoms with Gasteiger partial charge in [-0.3, -0.25) is 4.90 Å². The highest BCUT2D eigenvalue weighted by Gasteiger charge is 2.21. The molecule has 0 saturated carbocycles. The van der Waals surface area contributed by atoms with Crippen molar-refractivity contribution in [3.05, 3.63) is 36.2 Å². The fourth-order valence-corrected chi connectivity index (χ4v) is 2.76. The van der Waals surface area contributed by atoms with Crippen LogP contribution in [0.3, 0.4) is 0 Å². The highest BCUT2D eigenvalue weighted by Crippen LogP contribution is 2.19. The predicted molar refractivity (Wildman–Crippen MR) is 85.7 cm³/mol. The van der Waals surface area contributed by atoms with E-state index in [4.69, 9.17) is 14.4 Å². The molecular formula is C17H23N3O3. The highest BCUT2D eigenvalue weighted by atomic mass is 16.5. The van der Waals surface area contributed by atoms with E-state index in [1.165, 1.54) is 0 Å². The minimum absolute atomic E-state index is 0.195. The minimum Gasteiger partial charge on any atom is -0.396 e. The van der Waals surface area contributed by atoms with Gasteiger partial charge >= 0.3 is 0 Å². The minimum atomic E-state index is 0.195. The van der Waals surface area contributed by atoms with Crippen molar-refractivity contribution in [1.29, 1.82) is 0 Å². The number of hydrogen-bond donors (Lipinski definition) is 1. The average Bonchev–Trinajstić information content (AvgIpc) is 3.06. The summed E-state index contributed by atoms with van der Waals surface area (Å²) in [5.41, 5.74) is 0.947. The lowest BCUT2D eigenvalue weighted by molar-refractivity contribution is 0.000252. The molecule has 124 valence electrons. The fourth-order valence-electron chi connectivity index (χ4n) is 2.76. The molecule has 1 aliphatic rings. The van der Waals surface area contributed by atoms with Crippen LogP contribution in [0.1, 0.15) is 25.1 Å². The summed E-state index contributed by atoms with van der Waals surface area (Å²) in [6, 6.07) is 9.81. The number of aliphatic hydroxyl groups is 1. The second-order valence-electron chi connectivity index (χ2n) is 5.81. The van der Waals surface area contributed by atoms with Crippen LogP contribution in [-0.2, 0) is 11.3 Å². The Labute approximate surface area is 136 Å². The molecule has 2 heterocycles. The topological polar surface area (TPSA) is 71.6 Å². The van der Waals surface area contributed by atoms with Crippen LogP contribution >= 0.6 is 0 Å². The van der Waals surface area contributed by atoms with Gasteiger partial charge in [0.2, 0.25) is 0 Å². The Morgan fingerprint density at radius 1 is 1.22 bits per heavy atom. The van der Waals surface area contributed by atoms with Crippen LogP contribution in [0.15, 0.2) is 34.9 Å². The number of rotatable bonds is 7. The second-order valence-corrected chi connectivity index (χ2v) is 5.81. The molecule has 1 fully saturated rings. The van der Waals surface area contributed by atoms with E-state index in [9.17, 15) is 0 Å². The summed E-state index contributed by atoms with van der Waals surface area (Å²) in [4.78, 5) is 6.80. The molecule has 0 aliphatic carbocycles. The van der Waals surface area contributed by atoms with Crippen molar-refractivity contribution in [2.24, 2.45) is 0 Å². The van der Waals surface area contributed by atoms with Gasteiger partial charge < -0.3 is 14.4 Å². The fraction of sp³-hybridized carbons (Fsp3) is 0.529. The van der Waals surface area contributed by atoms with Crippen molar-refractivity contribution in [1.82, 2.24) is 15.0 Å². The van der Waals surface area contributed by atoms with Gasteiger partial charge in [-0.1, -0.05) is 23.4 Å². The Morgan fingerprint density at radius 3 is 2.74 bits per heavy atom. The van der Waals surface area contributed by atoms with E-state index < -0.39 is 0 Å². The molecule has 0 unspecified atom stereocenters. The summed E-state index contributed by atoms with van der Waals surface area (Å²) in [5.74, 6) is 1.30. The van der Waals surface area contributed by atoms with Crippen molar-refractivity contribution in [3.8, 4) is 11.5 Å². The number of nitrogens with zero attached hydrogens (tertiary/aromatic N) is 3. The van der Waals surface area contributed by atoms with Crippen LogP contribution in [0.2, 0.25) is 0 Å². The molecule has 23 heavy (non-hydrogen) atoms. The lowest BCUT2D eigenvalue weighted by Gasteiger charge is -2.30.